The van der Waals surface area contributed by atoms with Crippen molar-refractivity contribution in [2.45, 2.75) is 6.92 Å². The Morgan fingerprint density at radius 2 is 2.00 bits per heavy atom. The van der Waals surface area contributed by atoms with Crippen molar-refractivity contribution in [1.29, 1.82) is 1.34 Å². The highest BCUT2D eigenvalue weighted by Crippen LogP contribution is 2.22. The molecule has 71 valence electrons. The van der Waals surface area contributed by atoms with E-state index in [9.17, 15) is 13.6 Å². The van der Waals surface area contributed by atoms with Gasteiger partial charge in [-0.25, -0.2) is 8.78 Å². The van der Waals surface area contributed by atoms with Crippen LogP contribution in [0.2, 0.25) is 5.02 Å². The van der Waals surface area contributed by atoms with Crippen LogP contribution >= 0.6 is 11.6 Å². The van der Waals surface area contributed by atoms with Crippen LogP contribution in [-0.2, 0) is 0 Å². The minimum absolute atomic E-state index is 0.392. The van der Waals surface area contributed by atoms with Crippen LogP contribution in [0, 0.1) is 11.6 Å². The first-order chi connectivity index (χ1) is 6.95. The molecule has 0 aliphatic heterocycles. The molecule has 0 aromatic heterocycles. The van der Waals surface area contributed by atoms with Crippen molar-refractivity contribution in [2.75, 3.05) is 0 Å². The minimum atomic E-state index is -0.797. The maximum absolute atomic E-state index is 12.8. The zero-order chi connectivity index (χ0) is 12.0. The van der Waals surface area contributed by atoms with Gasteiger partial charge in [0.25, 0.3) is 0 Å². The van der Waals surface area contributed by atoms with E-state index < -0.39 is 28.0 Å². The van der Waals surface area contributed by atoms with Gasteiger partial charge in [0.1, 0.15) is 11.6 Å². The molecule has 14 heavy (non-hydrogen) atoms. The van der Waals surface area contributed by atoms with Crippen LogP contribution in [0.4, 0.5) is 8.78 Å². The first kappa shape index (κ1) is 11.2. The summed E-state index contributed by atoms with van der Waals surface area (Å²) in [5.74, 6) is -2.17. The number of hydrogen-bond acceptors (Lipinski definition) is 1. The van der Waals surface area contributed by atoms with E-state index in [1.54, 1.807) is 0 Å². The normalized spacial score (nSPS) is 9.57. The average molecular weight is 214 g/mol. The lowest BCUT2D eigenvalue weighted by Gasteiger charge is -2.01. The average Bonchev–Trinajstić information content (AvgIpc) is 2.13. The molecule has 0 amide bonds. The maximum atomic E-state index is 12.8. The molecule has 0 saturated heterocycles. The molecule has 1 aromatic rings. The SMILES string of the molecule is CC(=O)c1c(F)ccc(F)c1Cl.[2H][B][B]. The van der Waals surface area contributed by atoms with Crippen LogP contribution in [0.5, 0.6) is 0 Å². The molecule has 1 nitrogen and oxygen atoms in total. The molecule has 1 aromatic carbocycles. The third kappa shape index (κ3) is 2.84. The molecular weight excluding hydrogens is 207 g/mol. The van der Waals surface area contributed by atoms with E-state index in [2.05, 4.69) is 7.74 Å². The molecule has 0 spiro atoms. The van der Waals surface area contributed by atoms with Crippen LogP contribution in [0.25, 0.3) is 0 Å². The van der Waals surface area contributed by atoms with Gasteiger partial charge in [-0.1, -0.05) is 11.6 Å². The summed E-state index contributed by atoms with van der Waals surface area (Å²) in [4.78, 5) is 10.7. The van der Waals surface area contributed by atoms with Crippen molar-refractivity contribution in [3.63, 3.8) is 0 Å². The van der Waals surface area contributed by atoms with Crippen LogP contribution in [0.1, 0.15) is 17.3 Å². The van der Waals surface area contributed by atoms with Crippen LogP contribution in [-0.4, -0.2) is 22.6 Å². The fourth-order valence-electron chi connectivity index (χ4n) is 0.850. The highest BCUT2D eigenvalue weighted by atomic mass is 35.5. The summed E-state index contributed by atoms with van der Waals surface area (Å²) in [5, 5.41) is -0.456. The number of ketones is 1. The topological polar surface area (TPSA) is 17.1 Å². The Balaban J connectivity index is 0.000000583. The molecule has 0 bridgehead atoms. The van der Waals surface area contributed by atoms with Gasteiger partial charge in [0.15, 0.2) is 5.78 Å². The van der Waals surface area contributed by atoms with E-state index in [4.69, 9.17) is 12.9 Å². The Morgan fingerprint density at radius 1 is 1.57 bits per heavy atom. The van der Waals surface area contributed by atoms with Crippen molar-refractivity contribution in [1.82, 2.24) is 0 Å². The van der Waals surface area contributed by atoms with Crippen molar-refractivity contribution < 1.29 is 13.6 Å². The van der Waals surface area contributed by atoms with Crippen molar-refractivity contribution in [3.8, 4) is 0 Å². The molecule has 6 heteroatoms. The number of Topliss-reactive ketones (excluding diaryl/α,β-unsaturated/α-hetero) is 1. The Morgan fingerprint density at radius 3 is 2.36 bits per heavy atom. The van der Waals surface area contributed by atoms with E-state index in [0.29, 0.717) is 0 Å². The second-order valence-electron chi connectivity index (χ2n) is 2.27. The summed E-state index contributed by atoms with van der Waals surface area (Å²) >= 11 is 5.36. The van der Waals surface area contributed by atoms with Gasteiger partial charge < -0.3 is 0 Å². The number of carbonyl (C=O) groups excluding carboxylic acids is 1. The lowest BCUT2D eigenvalue weighted by Crippen LogP contribution is -1.99. The maximum Gasteiger partial charge on any atom is 0.164 e. The van der Waals surface area contributed by atoms with E-state index in [0.717, 1.165) is 26.8 Å². The van der Waals surface area contributed by atoms with Gasteiger partial charge in [-0.15, -0.1) is 0 Å². The third-order valence-electron chi connectivity index (χ3n) is 1.40. The Kier molecular flexibility index (Phi) is 4.66. The van der Waals surface area contributed by atoms with Gasteiger partial charge in [0.05, 0.1) is 10.6 Å². The summed E-state index contributed by atoms with van der Waals surface area (Å²) in [6.45, 7) is 1.13. The standard InChI is InChI=1S/C8H5ClF2O.B2H/c1-4(12)7-5(10)2-3-6(11)8(7)9;1-2/h2-3H,1H3;1H/i;1D. The van der Waals surface area contributed by atoms with E-state index in [1.165, 1.54) is 0 Å². The molecule has 0 unspecified atom stereocenters. The van der Waals surface area contributed by atoms with E-state index >= 15 is 0 Å². The van der Waals surface area contributed by atoms with Gasteiger partial charge in [-0.2, -0.15) is 0 Å². The van der Waals surface area contributed by atoms with Crippen molar-refractivity contribution in [3.05, 3.63) is 34.4 Å². The van der Waals surface area contributed by atoms with Crippen LogP contribution in [0.15, 0.2) is 12.1 Å². The summed E-state index contributed by atoms with van der Waals surface area (Å²) in [5.41, 5.74) is -0.392. The molecule has 0 atom stereocenters. The fraction of sp³-hybridized carbons (Fsp3) is 0.125. The summed E-state index contributed by atoms with van der Waals surface area (Å²) < 4.78 is 31.3. The number of rotatable bonds is 1. The predicted octanol–water partition coefficient (Wildman–Crippen LogP) is 1.79. The van der Waals surface area contributed by atoms with Crippen LogP contribution < -0.4 is 0 Å². The molecule has 3 radical (unpaired) electrons. The van der Waals surface area contributed by atoms with Crippen LogP contribution in [0.3, 0.4) is 0 Å². The molecule has 0 saturated carbocycles. The van der Waals surface area contributed by atoms with Gasteiger partial charge in [0.2, 0.25) is 0 Å². The first-order valence-electron chi connectivity index (χ1n) is 4.09. The largest absolute Gasteiger partial charge is 0.294 e. The first-order valence-corrected chi connectivity index (χ1v) is 3.89. The zero-order valence-corrected chi connectivity index (χ0v) is 8.11. The van der Waals surface area contributed by atoms with Gasteiger partial charge in [-0.05, 0) is 20.4 Å². The molecule has 0 fully saturated rings. The Bertz CT molecular complexity index is 363. The van der Waals surface area contributed by atoms with Crippen molar-refractivity contribution >= 4 is 32.8 Å². The summed E-state index contributed by atoms with van der Waals surface area (Å²) in [6, 6.07) is 1.75. The van der Waals surface area contributed by atoms with Gasteiger partial charge >= 0.3 is 0 Å². The summed E-state index contributed by atoms with van der Waals surface area (Å²) in [7, 11) is 5.14. The fourth-order valence-corrected chi connectivity index (χ4v) is 1.14. The number of halogens is 3. The number of benzene rings is 1. The molecular formula is C8H6B2ClF2O. The smallest absolute Gasteiger partial charge is 0.164 e. The van der Waals surface area contributed by atoms with E-state index in [-0.39, 0.29) is 0 Å². The second-order valence-corrected chi connectivity index (χ2v) is 2.65. The van der Waals surface area contributed by atoms with Gasteiger partial charge in [-0.3, -0.25) is 4.79 Å². The molecule has 0 N–H and O–H groups in total. The molecule has 0 aliphatic rings. The summed E-state index contributed by atoms with van der Waals surface area (Å²) in [6.07, 6.45) is 0. The highest BCUT2D eigenvalue weighted by molar-refractivity contribution is 6.75. The third-order valence-corrected chi connectivity index (χ3v) is 1.77. The molecule has 1 rings (SSSR count). The molecule has 0 aliphatic carbocycles. The zero-order valence-electron chi connectivity index (χ0n) is 8.35. The van der Waals surface area contributed by atoms with E-state index in [1.807, 2.05) is 0 Å². The minimum Gasteiger partial charge on any atom is -0.294 e. The number of carbonyl (C=O) groups is 1. The highest BCUT2D eigenvalue weighted by Gasteiger charge is 2.15. The quantitative estimate of drug-likeness (QED) is 0.396. The van der Waals surface area contributed by atoms with Gasteiger partial charge in [0, 0.05) is 15.4 Å². The monoisotopic (exact) mass is 214 g/mol. The Labute approximate surface area is 89.6 Å². The predicted molar refractivity (Wildman–Crippen MR) is 54.3 cm³/mol. The number of hydrogen-bond donors (Lipinski definition) is 0. The second kappa shape index (κ2) is 5.81. The lowest BCUT2D eigenvalue weighted by atomic mass is 9.81. The Hall–Kier alpha value is -0.830. The molecule has 0 heterocycles. The lowest BCUT2D eigenvalue weighted by molar-refractivity contribution is 0.101. The van der Waals surface area contributed by atoms with Crippen molar-refractivity contribution in [2.24, 2.45) is 0 Å².